The number of rotatable bonds is 7. The van der Waals surface area contributed by atoms with Crippen LogP contribution in [0.25, 0.3) is 0 Å². The number of hydrogen-bond acceptors (Lipinski definition) is 5. The van der Waals surface area contributed by atoms with E-state index in [-0.39, 0.29) is 11.8 Å². The number of piperidine rings is 2. The van der Waals surface area contributed by atoms with Crippen molar-refractivity contribution in [3.8, 4) is 0 Å². The third kappa shape index (κ3) is 5.59. The lowest BCUT2D eigenvalue weighted by Crippen LogP contribution is -2.51. The van der Waals surface area contributed by atoms with Crippen LogP contribution in [-0.2, 0) is 28.0 Å². The first kappa shape index (κ1) is 24.4. The number of nitrogens with zero attached hydrogens (tertiary/aromatic N) is 6. The van der Waals surface area contributed by atoms with E-state index in [9.17, 15) is 13.2 Å². The Morgan fingerprint density at radius 3 is 2.37 bits per heavy atom. The van der Waals surface area contributed by atoms with Gasteiger partial charge in [0.2, 0.25) is 5.91 Å². The van der Waals surface area contributed by atoms with Crippen LogP contribution in [0.3, 0.4) is 0 Å². The molecule has 1 atom stereocenters. The summed E-state index contributed by atoms with van der Waals surface area (Å²) in [5.41, 5.74) is 1.22. The normalized spacial score (nSPS) is 23.1. The molecule has 3 saturated heterocycles. The quantitative estimate of drug-likeness (QED) is 0.581. The number of amides is 1. The van der Waals surface area contributed by atoms with E-state index >= 15 is 0 Å². The largest absolute Gasteiger partial charge is 0.342 e. The van der Waals surface area contributed by atoms with Crippen molar-refractivity contribution in [3.05, 3.63) is 48.0 Å². The Balaban J connectivity index is 1.13. The van der Waals surface area contributed by atoms with Crippen molar-refractivity contribution in [3.63, 3.8) is 0 Å². The molecule has 35 heavy (non-hydrogen) atoms. The standard InChI is InChI=1S/C25H36N6O3S/c32-25(23-9-6-14-31(19-23)35(33,34)30-12-4-5-13-30)28-15-10-21(11-16-28)17-24-27-26-20-29(24)18-22-7-2-1-3-8-22/h1-3,7-8,20-21,23H,4-6,9-19H2. The summed E-state index contributed by atoms with van der Waals surface area (Å²) in [6.07, 6.45) is 7.90. The predicted octanol–water partition coefficient (Wildman–Crippen LogP) is 2.16. The molecule has 3 aliphatic rings. The maximum atomic E-state index is 13.3. The first-order chi connectivity index (χ1) is 17.0. The van der Waals surface area contributed by atoms with Crippen LogP contribution in [0, 0.1) is 11.8 Å². The summed E-state index contributed by atoms with van der Waals surface area (Å²) < 4.78 is 31.2. The van der Waals surface area contributed by atoms with Gasteiger partial charge in [0.1, 0.15) is 12.2 Å². The molecule has 9 nitrogen and oxygen atoms in total. The monoisotopic (exact) mass is 500 g/mol. The van der Waals surface area contributed by atoms with E-state index in [1.165, 1.54) is 5.56 Å². The molecule has 3 fully saturated rings. The topological polar surface area (TPSA) is 91.6 Å². The van der Waals surface area contributed by atoms with Crippen molar-refractivity contribution in [2.75, 3.05) is 39.3 Å². The average Bonchev–Trinajstić information content (AvgIpc) is 3.58. The van der Waals surface area contributed by atoms with E-state index in [1.807, 2.05) is 23.1 Å². The van der Waals surface area contributed by atoms with Crippen LogP contribution in [0.2, 0.25) is 0 Å². The number of aromatic nitrogens is 3. The van der Waals surface area contributed by atoms with E-state index in [0.29, 0.717) is 32.1 Å². The number of carbonyl (C=O) groups excluding carboxylic acids is 1. The average molecular weight is 501 g/mol. The van der Waals surface area contributed by atoms with Gasteiger partial charge < -0.3 is 9.47 Å². The van der Waals surface area contributed by atoms with E-state index in [1.54, 1.807) is 14.9 Å². The molecule has 0 N–H and O–H groups in total. The highest BCUT2D eigenvalue weighted by atomic mass is 32.2. The van der Waals surface area contributed by atoms with Crippen LogP contribution in [0.5, 0.6) is 0 Å². The van der Waals surface area contributed by atoms with Crippen molar-refractivity contribution < 1.29 is 13.2 Å². The van der Waals surface area contributed by atoms with Crippen LogP contribution in [0.1, 0.15) is 49.9 Å². The first-order valence-electron chi connectivity index (χ1n) is 13.0. The van der Waals surface area contributed by atoms with E-state index in [0.717, 1.165) is 70.4 Å². The second-order valence-corrected chi connectivity index (χ2v) is 12.1. The molecule has 5 rings (SSSR count). The smallest absolute Gasteiger partial charge is 0.281 e. The molecule has 0 aliphatic carbocycles. The summed E-state index contributed by atoms with van der Waals surface area (Å²) in [6.45, 7) is 4.26. The molecule has 1 aromatic carbocycles. The Morgan fingerprint density at radius 1 is 0.914 bits per heavy atom. The predicted molar refractivity (Wildman–Crippen MR) is 133 cm³/mol. The van der Waals surface area contributed by atoms with Crippen LogP contribution < -0.4 is 0 Å². The highest BCUT2D eigenvalue weighted by molar-refractivity contribution is 7.86. The fourth-order valence-corrected chi connectivity index (χ4v) is 7.43. The molecule has 190 valence electrons. The lowest BCUT2D eigenvalue weighted by molar-refractivity contribution is -0.138. The van der Waals surface area contributed by atoms with Crippen molar-refractivity contribution >= 4 is 16.1 Å². The van der Waals surface area contributed by atoms with Gasteiger partial charge in [-0.3, -0.25) is 4.79 Å². The molecule has 10 heteroatoms. The molecule has 0 radical (unpaired) electrons. The maximum absolute atomic E-state index is 13.3. The second kappa shape index (κ2) is 10.8. The van der Waals surface area contributed by atoms with E-state index in [2.05, 4.69) is 26.9 Å². The van der Waals surface area contributed by atoms with Crippen molar-refractivity contribution in [2.24, 2.45) is 11.8 Å². The molecule has 0 spiro atoms. The van der Waals surface area contributed by atoms with Crippen LogP contribution in [0.15, 0.2) is 36.7 Å². The van der Waals surface area contributed by atoms with E-state index in [4.69, 9.17) is 0 Å². The zero-order valence-electron chi connectivity index (χ0n) is 20.3. The Morgan fingerprint density at radius 2 is 1.63 bits per heavy atom. The van der Waals surface area contributed by atoms with Gasteiger partial charge in [-0.15, -0.1) is 10.2 Å². The molecular weight excluding hydrogens is 464 g/mol. The fourth-order valence-electron chi connectivity index (χ4n) is 5.66. The molecule has 3 aliphatic heterocycles. The summed E-state index contributed by atoms with van der Waals surface area (Å²) in [6, 6.07) is 10.3. The van der Waals surface area contributed by atoms with Gasteiger partial charge in [-0.25, -0.2) is 0 Å². The molecule has 0 bridgehead atoms. The summed E-state index contributed by atoms with van der Waals surface area (Å²) in [5.74, 6) is 1.36. The van der Waals surface area contributed by atoms with Gasteiger partial charge in [0.05, 0.1) is 12.5 Å². The third-order valence-electron chi connectivity index (χ3n) is 7.74. The number of hydrogen-bond donors (Lipinski definition) is 0. The van der Waals surface area contributed by atoms with E-state index < -0.39 is 10.2 Å². The summed E-state index contributed by atoms with van der Waals surface area (Å²) >= 11 is 0. The Kier molecular flexibility index (Phi) is 7.50. The Hall–Kier alpha value is -2.30. The van der Waals surface area contributed by atoms with Gasteiger partial charge in [-0.2, -0.15) is 17.0 Å². The van der Waals surface area contributed by atoms with Crippen LogP contribution >= 0.6 is 0 Å². The van der Waals surface area contributed by atoms with Gasteiger partial charge in [-0.1, -0.05) is 30.3 Å². The molecular formula is C25H36N6O3S. The molecule has 2 aromatic rings. The summed E-state index contributed by atoms with van der Waals surface area (Å²) in [7, 11) is -3.44. The first-order valence-corrected chi connectivity index (χ1v) is 14.3. The zero-order valence-corrected chi connectivity index (χ0v) is 21.2. The molecule has 1 amide bonds. The van der Waals surface area contributed by atoms with Crippen molar-refractivity contribution in [1.29, 1.82) is 0 Å². The van der Waals surface area contributed by atoms with Gasteiger partial charge in [-0.05, 0) is 50.0 Å². The minimum atomic E-state index is -3.44. The lowest BCUT2D eigenvalue weighted by Gasteiger charge is -2.38. The van der Waals surface area contributed by atoms with Gasteiger partial charge in [0.25, 0.3) is 10.2 Å². The minimum absolute atomic E-state index is 0.122. The highest BCUT2D eigenvalue weighted by Gasteiger charge is 2.38. The Bertz CT molecular complexity index is 1090. The van der Waals surface area contributed by atoms with Crippen molar-refractivity contribution in [1.82, 2.24) is 28.3 Å². The van der Waals surface area contributed by atoms with Crippen LogP contribution in [-0.4, -0.2) is 81.9 Å². The number of carbonyl (C=O) groups is 1. The van der Waals surface area contributed by atoms with Gasteiger partial charge in [0, 0.05) is 45.7 Å². The van der Waals surface area contributed by atoms with Crippen LogP contribution in [0.4, 0.5) is 0 Å². The number of likely N-dealkylation sites (tertiary alicyclic amines) is 1. The molecule has 0 saturated carbocycles. The Labute approximate surface area is 208 Å². The lowest BCUT2D eigenvalue weighted by atomic mass is 9.91. The zero-order chi connectivity index (χ0) is 24.3. The highest BCUT2D eigenvalue weighted by Crippen LogP contribution is 2.27. The van der Waals surface area contributed by atoms with Crippen molar-refractivity contribution in [2.45, 2.75) is 51.5 Å². The second-order valence-electron chi connectivity index (χ2n) is 10.1. The third-order valence-corrected chi connectivity index (χ3v) is 9.74. The molecule has 1 aromatic heterocycles. The maximum Gasteiger partial charge on any atom is 0.281 e. The number of benzene rings is 1. The fraction of sp³-hybridized carbons (Fsp3) is 0.640. The summed E-state index contributed by atoms with van der Waals surface area (Å²) in [5, 5.41) is 8.50. The van der Waals surface area contributed by atoms with Gasteiger partial charge in [0.15, 0.2) is 0 Å². The molecule has 1 unspecified atom stereocenters. The van der Waals surface area contributed by atoms with Gasteiger partial charge >= 0.3 is 0 Å². The molecule has 4 heterocycles. The SMILES string of the molecule is O=C(C1CCCN(S(=O)(=O)N2CCCC2)C1)N1CCC(Cc2nncn2Cc2ccccc2)CC1. The minimum Gasteiger partial charge on any atom is -0.342 e. The summed E-state index contributed by atoms with van der Waals surface area (Å²) in [4.78, 5) is 15.3.